The fourth-order valence-corrected chi connectivity index (χ4v) is 4.15. The van der Waals surface area contributed by atoms with E-state index in [0.29, 0.717) is 12.8 Å². The van der Waals surface area contributed by atoms with Gasteiger partial charge in [-0.05, 0) is 25.0 Å². The molecular weight excluding hydrogens is 256 g/mol. The maximum Gasteiger partial charge on any atom is 0.371 e. The van der Waals surface area contributed by atoms with E-state index in [1.54, 1.807) is 0 Å². The van der Waals surface area contributed by atoms with E-state index in [2.05, 4.69) is 0 Å². The average Bonchev–Trinajstić information content (AvgIpc) is 2.78. The van der Waals surface area contributed by atoms with Gasteiger partial charge in [-0.2, -0.15) is 0 Å². The SMILES string of the molecule is O=C(O)c1ccc(CS(=O)(=O)C2CCCCC2)o1. The molecule has 1 aromatic rings. The molecule has 0 bridgehead atoms. The molecule has 0 spiro atoms. The molecule has 0 amide bonds. The van der Waals surface area contributed by atoms with Crippen LogP contribution in [0.1, 0.15) is 48.4 Å². The maximum atomic E-state index is 12.1. The van der Waals surface area contributed by atoms with Crippen molar-refractivity contribution in [2.75, 3.05) is 0 Å². The lowest BCUT2D eigenvalue weighted by Gasteiger charge is -2.21. The summed E-state index contributed by atoms with van der Waals surface area (Å²) in [5, 5.41) is 8.40. The number of hydrogen-bond donors (Lipinski definition) is 1. The molecule has 1 fully saturated rings. The third kappa shape index (κ3) is 2.93. The van der Waals surface area contributed by atoms with E-state index in [1.165, 1.54) is 12.1 Å². The van der Waals surface area contributed by atoms with Crippen LogP contribution in [0.15, 0.2) is 16.5 Å². The topological polar surface area (TPSA) is 84.6 Å². The van der Waals surface area contributed by atoms with Crippen molar-refractivity contribution in [3.8, 4) is 0 Å². The molecule has 1 saturated carbocycles. The molecule has 18 heavy (non-hydrogen) atoms. The van der Waals surface area contributed by atoms with Crippen LogP contribution in [0.4, 0.5) is 0 Å². The summed E-state index contributed by atoms with van der Waals surface area (Å²) in [6.45, 7) is 0. The summed E-state index contributed by atoms with van der Waals surface area (Å²) >= 11 is 0. The van der Waals surface area contributed by atoms with Gasteiger partial charge in [0.1, 0.15) is 11.5 Å². The maximum absolute atomic E-state index is 12.1. The minimum atomic E-state index is -3.24. The molecule has 0 saturated heterocycles. The van der Waals surface area contributed by atoms with E-state index >= 15 is 0 Å². The second-order valence-corrected chi connectivity index (χ2v) is 6.92. The normalized spacial score (nSPS) is 17.8. The van der Waals surface area contributed by atoms with Gasteiger partial charge in [0, 0.05) is 0 Å². The molecular formula is C12H16O5S. The molecule has 1 heterocycles. The Labute approximate surface area is 106 Å². The first kappa shape index (κ1) is 13.1. The predicted molar refractivity (Wildman–Crippen MR) is 65.2 cm³/mol. The number of carboxylic acids is 1. The fraction of sp³-hybridized carbons (Fsp3) is 0.583. The number of rotatable bonds is 4. The molecule has 1 aliphatic carbocycles. The second kappa shape index (κ2) is 5.14. The van der Waals surface area contributed by atoms with E-state index in [-0.39, 0.29) is 22.5 Å². The molecule has 2 rings (SSSR count). The van der Waals surface area contributed by atoms with Gasteiger partial charge >= 0.3 is 5.97 Å². The zero-order valence-corrected chi connectivity index (χ0v) is 10.8. The van der Waals surface area contributed by atoms with Crippen molar-refractivity contribution in [3.63, 3.8) is 0 Å². The highest BCUT2D eigenvalue weighted by Crippen LogP contribution is 2.26. The summed E-state index contributed by atoms with van der Waals surface area (Å²) in [6.07, 6.45) is 4.39. The lowest BCUT2D eigenvalue weighted by atomic mass is 10.0. The largest absolute Gasteiger partial charge is 0.475 e. The Hall–Kier alpha value is -1.30. The van der Waals surface area contributed by atoms with Gasteiger partial charge in [-0.15, -0.1) is 0 Å². The van der Waals surface area contributed by atoms with Crippen molar-refractivity contribution in [1.82, 2.24) is 0 Å². The Morgan fingerprint density at radius 1 is 1.28 bits per heavy atom. The second-order valence-electron chi connectivity index (χ2n) is 4.64. The first-order valence-corrected chi connectivity index (χ1v) is 7.74. The van der Waals surface area contributed by atoms with Crippen molar-refractivity contribution in [1.29, 1.82) is 0 Å². The van der Waals surface area contributed by atoms with Crippen molar-refractivity contribution in [2.45, 2.75) is 43.1 Å². The van der Waals surface area contributed by atoms with Crippen LogP contribution in [0.3, 0.4) is 0 Å². The summed E-state index contributed by atoms with van der Waals surface area (Å²) in [5.74, 6) is -1.40. The molecule has 0 aromatic carbocycles. The van der Waals surface area contributed by atoms with Gasteiger partial charge in [-0.25, -0.2) is 13.2 Å². The number of sulfone groups is 1. The minimum absolute atomic E-state index is 0.203. The molecule has 6 heteroatoms. The van der Waals surface area contributed by atoms with E-state index in [4.69, 9.17) is 9.52 Å². The molecule has 0 radical (unpaired) electrons. The molecule has 0 aliphatic heterocycles. The molecule has 0 atom stereocenters. The monoisotopic (exact) mass is 272 g/mol. The van der Waals surface area contributed by atoms with E-state index in [0.717, 1.165) is 19.3 Å². The van der Waals surface area contributed by atoms with Crippen molar-refractivity contribution in [3.05, 3.63) is 23.7 Å². The smallest absolute Gasteiger partial charge is 0.371 e. The van der Waals surface area contributed by atoms with Crippen LogP contribution in [0.25, 0.3) is 0 Å². The Bertz CT molecular complexity index is 522. The third-order valence-corrected chi connectivity index (χ3v) is 5.45. The van der Waals surface area contributed by atoms with E-state index in [1.807, 2.05) is 0 Å². The summed E-state index contributed by atoms with van der Waals surface area (Å²) in [6, 6.07) is 2.71. The zero-order valence-electron chi connectivity index (χ0n) is 9.96. The molecule has 5 nitrogen and oxygen atoms in total. The molecule has 1 N–H and O–H groups in total. The quantitative estimate of drug-likeness (QED) is 0.908. The van der Waals surface area contributed by atoms with Gasteiger partial charge < -0.3 is 9.52 Å². The zero-order chi connectivity index (χ0) is 13.2. The molecule has 100 valence electrons. The predicted octanol–water partition coefficient (Wildman–Crippen LogP) is 2.23. The highest BCUT2D eigenvalue weighted by molar-refractivity contribution is 7.91. The van der Waals surface area contributed by atoms with Crippen LogP contribution in [0, 0.1) is 0 Å². The fourth-order valence-electron chi connectivity index (χ4n) is 2.31. The third-order valence-electron chi connectivity index (χ3n) is 3.28. The van der Waals surface area contributed by atoms with Gasteiger partial charge in [0.25, 0.3) is 0 Å². The van der Waals surface area contributed by atoms with Crippen molar-refractivity contribution >= 4 is 15.8 Å². The molecule has 1 aliphatic rings. The minimum Gasteiger partial charge on any atom is -0.475 e. The highest BCUT2D eigenvalue weighted by atomic mass is 32.2. The van der Waals surface area contributed by atoms with Gasteiger partial charge in [0.05, 0.1) is 5.25 Å². The summed E-state index contributed by atoms with van der Waals surface area (Å²) < 4.78 is 29.2. The van der Waals surface area contributed by atoms with Crippen LogP contribution in [0.2, 0.25) is 0 Å². The van der Waals surface area contributed by atoms with Gasteiger partial charge in [-0.1, -0.05) is 19.3 Å². The Kier molecular flexibility index (Phi) is 3.75. The van der Waals surface area contributed by atoms with E-state index in [9.17, 15) is 13.2 Å². The summed E-state index contributed by atoms with van der Waals surface area (Å²) in [4.78, 5) is 10.6. The van der Waals surface area contributed by atoms with Crippen molar-refractivity contribution in [2.24, 2.45) is 0 Å². The van der Waals surface area contributed by atoms with Gasteiger partial charge in [0.15, 0.2) is 9.84 Å². The van der Waals surface area contributed by atoms with E-state index < -0.39 is 15.8 Å². The lowest BCUT2D eigenvalue weighted by Crippen LogP contribution is -2.25. The highest BCUT2D eigenvalue weighted by Gasteiger charge is 2.28. The lowest BCUT2D eigenvalue weighted by molar-refractivity contribution is 0.0660. The summed E-state index contributed by atoms with van der Waals surface area (Å²) in [7, 11) is -3.24. The van der Waals surface area contributed by atoms with Crippen molar-refractivity contribution < 1.29 is 22.7 Å². The van der Waals surface area contributed by atoms with Crippen LogP contribution >= 0.6 is 0 Å². The van der Waals surface area contributed by atoms with Crippen LogP contribution < -0.4 is 0 Å². The molecule has 1 aromatic heterocycles. The standard InChI is InChI=1S/C12H16O5S/c13-12(14)11-7-6-9(17-11)8-18(15,16)10-4-2-1-3-5-10/h6-7,10H,1-5,8H2,(H,13,14). The summed E-state index contributed by atoms with van der Waals surface area (Å²) in [5.41, 5.74) is 0. The first-order chi connectivity index (χ1) is 8.49. The first-order valence-electron chi connectivity index (χ1n) is 6.02. The number of carbonyl (C=O) groups is 1. The average molecular weight is 272 g/mol. The van der Waals surface area contributed by atoms with Crippen LogP contribution in [-0.2, 0) is 15.6 Å². The Balaban J connectivity index is 2.08. The Morgan fingerprint density at radius 2 is 1.94 bits per heavy atom. The molecule has 0 unspecified atom stereocenters. The number of furan rings is 1. The number of carboxylic acid groups (broad SMARTS) is 1. The number of hydrogen-bond acceptors (Lipinski definition) is 4. The van der Waals surface area contributed by atoms with Gasteiger partial charge in [0.2, 0.25) is 5.76 Å². The van der Waals surface area contributed by atoms with Crippen LogP contribution in [-0.4, -0.2) is 24.7 Å². The Morgan fingerprint density at radius 3 is 2.50 bits per heavy atom. The number of aromatic carboxylic acids is 1. The van der Waals surface area contributed by atoms with Crippen LogP contribution in [0.5, 0.6) is 0 Å². The van der Waals surface area contributed by atoms with Gasteiger partial charge in [-0.3, -0.25) is 0 Å².